The number of benzene rings is 2. The van der Waals surface area contributed by atoms with Gasteiger partial charge in [-0.25, -0.2) is 4.39 Å². The highest BCUT2D eigenvalue weighted by Gasteiger charge is 2.47. The van der Waals surface area contributed by atoms with E-state index in [1.54, 1.807) is 30.3 Å². The van der Waals surface area contributed by atoms with E-state index in [2.05, 4.69) is 0 Å². The molecule has 0 saturated carbocycles. The largest absolute Gasteiger partial charge is 0.462 e. The molecule has 28 heavy (non-hydrogen) atoms. The van der Waals surface area contributed by atoms with Gasteiger partial charge in [0.2, 0.25) is 6.29 Å². The van der Waals surface area contributed by atoms with Gasteiger partial charge in [-0.2, -0.15) is 0 Å². The van der Waals surface area contributed by atoms with Crippen molar-refractivity contribution in [1.29, 1.82) is 0 Å². The molecule has 3 rings (SSSR count). The molecule has 9 heteroatoms. The summed E-state index contributed by atoms with van der Waals surface area (Å²) in [6.45, 7) is -0.552. The molecule has 0 unspecified atom stereocenters. The number of hydrogen-bond acceptors (Lipinski definition) is 8. The van der Waals surface area contributed by atoms with Crippen molar-refractivity contribution < 1.29 is 38.7 Å². The molecule has 0 radical (unpaired) electrons. The molecule has 1 fully saturated rings. The Bertz CT molecular complexity index is 774. The van der Waals surface area contributed by atoms with Gasteiger partial charge in [0.15, 0.2) is 12.2 Å². The van der Waals surface area contributed by atoms with Crippen LogP contribution in [0.1, 0.15) is 0 Å². The lowest BCUT2D eigenvalue weighted by molar-refractivity contribution is -0.275. The van der Waals surface area contributed by atoms with Crippen molar-refractivity contribution in [2.45, 2.75) is 30.7 Å². The van der Waals surface area contributed by atoms with E-state index in [9.17, 15) is 19.7 Å². The van der Waals surface area contributed by atoms with Gasteiger partial charge in [-0.05, 0) is 36.4 Å². The van der Waals surface area contributed by atoms with Gasteiger partial charge in [-0.1, -0.05) is 18.2 Å². The molecule has 0 amide bonds. The molecule has 0 aliphatic carbocycles. The minimum Gasteiger partial charge on any atom is -0.462 e. The van der Waals surface area contributed by atoms with Gasteiger partial charge in [-0.15, -0.1) is 0 Å². The summed E-state index contributed by atoms with van der Waals surface area (Å²) in [6.07, 6.45) is -6.55. The Morgan fingerprint density at radius 1 is 1.00 bits per heavy atom. The highest BCUT2D eigenvalue weighted by molar-refractivity contribution is 7.79. The van der Waals surface area contributed by atoms with Crippen LogP contribution in [0, 0.1) is 5.82 Å². The average molecular weight is 410 g/mol. The Labute approximate surface area is 165 Å². The van der Waals surface area contributed by atoms with E-state index in [0.29, 0.717) is 5.75 Å². The minimum atomic E-state index is -1.47. The maximum absolute atomic E-state index is 13.0. The molecule has 3 N–H and O–H groups in total. The van der Waals surface area contributed by atoms with Crippen LogP contribution in [-0.4, -0.2) is 57.9 Å². The molecule has 2 aromatic rings. The predicted octanol–water partition coefficient (Wildman–Crippen LogP) is 1.39. The smallest absolute Gasteiger partial charge is 0.358 e. The van der Waals surface area contributed by atoms with Crippen LogP contribution in [0.4, 0.5) is 4.39 Å². The Morgan fingerprint density at radius 3 is 2.32 bits per heavy atom. The fraction of sp³-hybridized carbons (Fsp3) is 0.316. The summed E-state index contributed by atoms with van der Waals surface area (Å²) in [5, 5.41) is 30.0. The van der Waals surface area contributed by atoms with E-state index in [0.717, 1.165) is 0 Å². The third kappa shape index (κ3) is 4.94. The highest BCUT2D eigenvalue weighted by Crippen LogP contribution is 2.27. The van der Waals surface area contributed by atoms with Crippen molar-refractivity contribution in [3.63, 3.8) is 0 Å². The van der Waals surface area contributed by atoms with Gasteiger partial charge in [0.25, 0.3) is 0 Å². The molecule has 7 nitrogen and oxygen atoms in total. The number of halogens is 1. The maximum Gasteiger partial charge on any atom is 0.358 e. The zero-order valence-electron chi connectivity index (χ0n) is 14.6. The molecular formula is C19H19FO7S. The van der Waals surface area contributed by atoms with Crippen LogP contribution in [0.15, 0.2) is 54.6 Å². The second kappa shape index (κ2) is 9.26. The summed E-state index contributed by atoms with van der Waals surface area (Å²) in [7, 11) is 0. The molecule has 2 aromatic carbocycles. The molecule has 0 spiro atoms. The van der Waals surface area contributed by atoms with Crippen LogP contribution < -0.4 is 9.47 Å². The van der Waals surface area contributed by atoms with E-state index in [1.807, 2.05) is 0 Å². The van der Waals surface area contributed by atoms with Crippen LogP contribution in [0.5, 0.6) is 11.5 Å². The fourth-order valence-electron chi connectivity index (χ4n) is 2.66. The predicted molar refractivity (Wildman–Crippen MR) is 99.3 cm³/mol. The maximum atomic E-state index is 13.0. The summed E-state index contributed by atoms with van der Waals surface area (Å²) in [5.41, 5.74) is 0. The average Bonchev–Trinajstić information content (AvgIpc) is 2.69. The molecule has 1 heterocycles. The number of rotatable bonds is 5. The van der Waals surface area contributed by atoms with Gasteiger partial charge in [0.05, 0.1) is 6.61 Å². The van der Waals surface area contributed by atoms with Gasteiger partial charge in [-0.3, -0.25) is 0 Å². The van der Waals surface area contributed by atoms with Crippen LogP contribution in [0.2, 0.25) is 0 Å². The van der Waals surface area contributed by atoms with E-state index >= 15 is 0 Å². The van der Waals surface area contributed by atoms with Gasteiger partial charge in [0.1, 0.15) is 29.5 Å². The highest BCUT2D eigenvalue weighted by atomic mass is 32.1. The first-order valence-corrected chi connectivity index (χ1v) is 8.87. The summed E-state index contributed by atoms with van der Waals surface area (Å²) < 4.78 is 34.7. The standard InChI is InChI=1S/C19H19FO7S/c20-11-6-8-13(9-7-11)24-18-16(23)17(15(22)14(10-21)26-18)27-19(28)25-12-4-2-1-3-5-12/h1-9,14-18,21-23H,10H2/t14-,15+,16-,17+,18+/m1/s1. The lowest BCUT2D eigenvalue weighted by Crippen LogP contribution is -2.61. The number of aliphatic hydroxyl groups is 3. The third-order valence-electron chi connectivity index (χ3n) is 4.06. The van der Waals surface area contributed by atoms with E-state index in [-0.39, 0.29) is 11.0 Å². The van der Waals surface area contributed by atoms with Crippen LogP contribution in [0.25, 0.3) is 0 Å². The Morgan fingerprint density at radius 2 is 1.68 bits per heavy atom. The molecule has 5 atom stereocenters. The zero-order valence-corrected chi connectivity index (χ0v) is 15.4. The summed E-state index contributed by atoms with van der Waals surface area (Å²) >= 11 is 5.03. The van der Waals surface area contributed by atoms with Crippen LogP contribution >= 0.6 is 12.2 Å². The fourth-order valence-corrected chi connectivity index (χ4v) is 2.86. The number of thiocarbonyl (C=S) groups is 1. The second-order valence-electron chi connectivity index (χ2n) is 6.03. The topological polar surface area (TPSA) is 97.6 Å². The Balaban J connectivity index is 1.70. The van der Waals surface area contributed by atoms with Crippen molar-refractivity contribution >= 4 is 17.5 Å². The third-order valence-corrected chi connectivity index (χ3v) is 4.24. The van der Waals surface area contributed by atoms with Crippen molar-refractivity contribution in [1.82, 2.24) is 0 Å². The van der Waals surface area contributed by atoms with Crippen molar-refractivity contribution in [3.8, 4) is 11.5 Å². The SMILES string of the molecule is OC[C@H]1O[C@H](Oc2ccc(F)cc2)[C@H](O)[C@@H](OC(=S)Oc2ccccc2)[C@H]1O. The monoisotopic (exact) mass is 410 g/mol. The zero-order chi connectivity index (χ0) is 20.1. The molecule has 0 bridgehead atoms. The van der Waals surface area contributed by atoms with Crippen molar-refractivity contribution in [2.75, 3.05) is 6.61 Å². The molecule has 1 saturated heterocycles. The van der Waals surface area contributed by atoms with Gasteiger partial charge < -0.3 is 34.3 Å². The Kier molecular flexibility index (Phi) is 6.76. The van der Waals surface area contributed by atoms with Crippen molar-refractivity contribution in [2.24, 2.45) is 0 Å². The minimum absolute atomic E-state index is 0.223. The summed E-state index contributed by atoms with van der Waals surface area (Å²) in [4.78, 5) is 0. The lowest BCUT2D eigenvalue weighted by Gasteiger charge is -2.41. The molecular weight excluding hydrogens is 391 g/mol. The summed E-state index contributed by atoms with van der Waals surface area (Å²) in [6, 6.07) is 13.7. The van der Waals surface area contributed by atoms with E-state index < -0.39 is 43.1 Å². The Hall–Kier alpha value is -2.30. The number of aliphatic hydroxyl groups excluding tert-OH is 3. The number of ether oxygens (including phenoxy) is 4. The van der Waals surface area contributed by atoms with Crippen LogP contribution in [-0.2, 0) is 9.47 Å². The molecule has 150 valence electrons. The normalized spacial score (nSPS) is 27.1. The van der Waals surface area contributed by atoms with Crippen molar-refractivity contribution in [3.05, 3.63) is 60.4 Å². The first kappa shape index (κ1) is 20.4. The summed E-state index contributed by atoms with van der Waals surface area (Å²) in [5.74, 6) is 0.187. The second-order valence-corrected chi connectivity index (χ2v) is 6.36. The number of hydrogen-bond donors (Lipinski definition) is 3. The number of para-hydroxylation sites is 1. The quantitative estimate of drug-likeness (QED) is 0.637. The lowest BCUT2D eigenvalue weighted by atomic mass is 9.99. The molecule has 0 aromatic heterocycles. The van der Waals surface area contributed by atoms with Gasteiger partial charge >= 0.3 is 5.24 Å². The molecule has 1 aliphatic heterocycles. The van der Waals surface area contributed by atoms with Gasteiger partial charge in [0, 0.05) is 12.2 Å². The molecule has 1 aliphatic rings. The first-order valence-electron chi connectivity index (χ1n) is 8.46. The first-order chi connectivity index (χ1) is 13.5. The van der Waals surface area contributed by atoms with E-state index in [4.69, 9.17) is 31.2 Å². The van der Waals surface area contributed by atoms with E-state index in [1.165, 1.54) is 24.3 Å². The van der Waals surface area contributed by atoms with Crippen LogP contribution in [0.3, 0.4) is 0 Å².